The van der Waals surface area contributed by atoms with E-state index in [4.69, 9.17) is 9.47 Å². The second kappa shape index (κ2) is 15.6. The lowest BCUT2D eigenvalue weighted by Gasteiger charge is -2.21. The monoisotopic (exact) mass is 538 g/mol. The summed E-state index contributed by atoms with van der Waals surface area (Å²) in [4.78, 5) is 21.2. The maximum absolute atomic E-state index is 13.7. The molecule has 208 valence electrons. The molecule has 1 aliphatic rings. The highest BCUT2D eigenvalue weighted by Gasteiger charge is 2.14. The van der Waals surface area contributed by atoms with Gasteiger partial charge in [0.2, 0.25) is 5.43 Å². The van der Waals surface area contributed by atoms with Gasteiger partial charge in [-0.3, -0.25) is 4.79 Å². The van der Waals surface area contributed by atoms with Gasteiger partial charge in [-0.15, -0.1) is 0 Å². The van der Waals surface area contributed by atoms with E-state index >= 15 is 0 Å². The first-order chi connectivity index (χ1) is 18.9. The van der Waals surface area contributed by atoms with Crippen molar-refractivity contribution in [2.45, 2.75) is 52.1 Å². The first kappa shape index (κ1) is 29.8. The van der Waals surface area contributed by atoms with Gasteiger partial charge in [0.1, 0.15) is 17.7 Å². The molecule has 2 aromatic heterocycles. The van der Waals surface area contributed by atoms with Crippen LogP contribution in [-0.4, -0.2) is 45.7 Å². The Morgan fingerprint density at radius 2 is 1.87 bits per heavy atom. The van der Waals surface area contributed by atoms with E-state index < -0.39 is 18.4 Å². The van der Waals surface area contributed by atoms with Gasteiger partial charge >= 0.3 is 0 Å². The van der Waals surface area contributed by atoms with Crippen molar-refractivity contribution in [1.29, 1.82) is 0 Å². The lowest BCUT2D eigenvalue weighted by molar-refractivity contribution is 0.0496. The Labute approximate surface area is 228 Å². The van der Waals surface area contributed by atoms with Gasteiger partial charge in [0.25, 0.3) is 0 Å². The van der Waals surface area contributed by atoms with Gasteiger partial charge in [-0.25, -0.2) is 23.4 Å². The van der Waals surface area contributed by atoms with Gasteiger partial charge in [-0.2, -0.15) is 5.10 Å². The zero-order chi connectivity index (χ0) is 28.0. The van der Waals surface area contributed by atoms with Crippen molar-refractivity contribution in [1.82, 2.24) is 19.7 Å². The zero-order valence-electron chi connectivity index (χ0n) is 22.6. The highest BCUT2D eigenvalue weighted by Crippen LogP contribution is 2.18. The summed E-state index contributed by atoms with van der Waals surface area (Å²) in [5.41, 5.74) is 1.99. The SMILES string of the molecule is C=C(F)CC(F)/C=C/n1ccc(=O)c(Cc2cccc(Cc3ncc(OCC4CCOCC4)cn3)c2)n1.CC. The smallest absolute Gasteiger partial charge is 0.203 e. The molecular weight excluding hydrogens is 502 g/mol. The molecule has 0 N–H and O–H groups in total. The molecule has 0 saturated carbocycles. The van der Waals surface area contributed by atoms with Crippen molar-refractivity contribution >= 4 is 6.20 Å². The van der Waals surface area contributed by atoms with Crippen LogP contribution >= 0.6 is 0 Å². The van der Waals surface area contributed by atoms with E-state index in [9.17, 15) is 13.6 Å². The molecule has 4 rings (SSSR count). The van der Waals surface area contributed by atoms with Gasteiger partial charge in [-0.1, -0.05) is 44.7 Å². The number of ether oxygens (including phenoxy) is 2. The molecule has 1 unspecified atom stereocenters. The predicted molar refractivity (Wildman–Crippen MR) is 148 cm³/mol. The first-order valence-corrected chi connectivity index (χ1v) is 13.3. The lowest BCUT2D eigenvalue weighted by Crippen LogP contribution is -2.21. The van der Waals surface area contributed by atoms with Crippen molar-refractivity contribution in [2.75, 3.05) is 19.8 Å². The molecule has 1 atom stereocenters. The minimum absolute atomic E-state index is 0.219. The molecule has 0 spiro atoms. The Kier molecular flexibility index (Phi) is 12.0. The summed E-state index contributed by atoms with van der Waals surface area (Å²) < 4.78 is 39.0. The molecule has 1 aromatic carbocycles. The summed E-state index contributed by atoms with van der Waals surface area (Å²) >= 11 is 0. The number of allylic oxidation sites excluding steroid dienone is 2. The standard InChI is InChI=1S/C28H30F2N4O3.C2H6/c1-20(29)13-24(30)5-9-34-10-6-27(35)26(33-34)15-22-3-2-4-23(14-22)16-28-31-17-25(18-32-28)37-19-21-7-11-36-12-8-21;1-2/h2-6,9-10,14,17-18,21,24H,1,7-8,11-13,15-16,19H2;1-2H3/b9-5+;. The summed E-state index contributed by atoms with van der Waals surface area (Å²) in [6.07, 6.45) is 8.28. The number of hydrogen-bond acceptors (Lipinski definition) is 6. The molecular formula is C30H36F2N4O3. The normalized spacial score (nSPS) is 14.5. The van der Waals surface area contributed by atoms with E-state index in [1.54, 1.807) is 12.4 Å². The van der Waals surface area contributed by atoms with Crippen LogP contribution in [0, 0.1) is 5.92 Å². The second-order valence-electron chi connectivity index (χ2n) is 9.06. The minimum atomic E-state index is -1.52. The fourth-order valence-corrected chi connectivity index (χ4v) is 3.99. The third-order valence-electron chi connectivity index (χ3n) is 6.00. The Morgan fingerprint density at radius 3 is 2.56 bits per heavy atom. The van der Waals surface area contributed by atoms with Crippen LogP contribution in [0.15, 0.2) is 72.2 Å². The number of hydrogen-bond donors (Lipinski definition) is 0. The van der Waals surface area contributed by atoms with Gasteiger partial charge in [0, 0.05) is 50.9 Å². The van der Waals surface area contributed by atoms with Gasteiger partial charge in [-0.05, 0) is 36.0 Å². The maximum Gasteiger partial charge on any atom is 0.203 e. The van der Waals surface area contributed by atoms with Gasteiger partial charge < -0.3 is 9.47 Å². The summed E-state index contributed by atoms with van der Waals surface area (Å²) in [5, 5.41) is 4.28. The van der Waals surface area contributed by atoms with E-state index in [0.29, 0.717) is 42.6 Å². The highest BCUT2D eigenvalue weighted by molar-refractivity contribution is 5.30. The Balaban J connectivity index is 0.00000205. The first-order valence-electron chi connectivity index (χ1n) is 13.3. The van der Waals surface area contributed by atoms with Crippen LogP contribution in [-0.2, 0) is 17.6 Å². The van der Waals surface area contributed by atoms with E-state index in [1.165, 1.54) is 29.2 Å². The highest BCUT2D eigenvalue weighted by atomic mass is 19.1. The van der Waals surface area contributed by atoms with E-state index in [0.717, 1.165) is 37.2 Å². The average molecular weight is 539 g/mol. The minimum Gasteiger partial charge on any atom is -0.490 e. The molecule has 7 nitrogen and oxygen atoms in total. The largest absolute Gasteiger partial charge is 0.490 e. The van der Waals surface area contributed by atoms with Crippen molar-refractivity contribution < 1.29 is 18.3 Å². The molecule has 3 aromatic rings. The van der Waals surface area contributed by atoms with E-state index in [-0.39, 0.29) is 5.43 Å². The van der Waals surface area contributed by atoms with E-state index in [2.05, 4.69) is 21.6 Å². The Morgan fingerprint density at radius 1 is 1.18 bits per heavy atom. The number of benzene rings is 1. The summed E-state index contributed by atoms with van der Waals surface area (Å²) in [6, 6.07) is 9.16. The van der Waals surface area contributed by atoms with Crippen LogP contribution < -0.4 is 10.2 Å². The van der Waals surface area contributed by atoms with Gasteiger partial charge in [0.15, 0.2) is 5.75 Å². The maximum atomic E-state index is 13.7. The van der Waals surface area contributed by atoms with Crippen LogP contribution in [0.25, 0.3) is 6.20 Å². The van der Waals surface area contributed by atoms with Crippen LogP contribution in [0.5, 0.6) is 5.75 Å². The van der Waals surface area contributed by atoms with Crippen molar-refractivity contribution in [3.8, 4) is 5.75 Å². The lowest BCUT2D eigenvalue weighted by atomic mass is 10.0. The summed E-state index contributed by atoms with van der Waals surface area (Å²) in [5.74, 6) is 1.08. The predicted octanol–water partition coefficient (Wildman–Crippen LogP) is 5.73. The number of alkyl halides is 1. The molecule has 1 aliphatic heterocycles. The Hall–Kier alpha value is -3.72. The number of rotatable bonds is 11. The quantitative estimate of drug-likeness (QED) is 0.310. The van der Waals surface area contributed by atoms with Crippen molar-refractivity contribution in [3.63, 3.8) is 0 Å². The molecule has 1 saturated heterocycles. The van der Waals surface area contributed by atoms with Crippen molar-refractivity contribution in [2.24, 2.45) is 5.92 Å². The molecule has 0 bridgehead atoms. The third-order valence-corrected chi connectivity index (χ3v) is 6.00. The molecule has 0 aliphatic carbocycles. The van der Waals surface area contributed by atoms with E-state index in [1.807, 2.05) is 38.1 Å². The zero-order valence-corrected chi connectivity index (χ0v) is 22.6. The van der Waals surface area contributed by atoms with Crippen LogP contribution in [0.1, 0.15) is 55.8 Å². The van der Waals surface area contributed by atoms with Crippen LogP contribution in [0.3, 0.4) is 0 Å². The molecule has 0 radical (unpaired) electrons. The molecule has 3 heterocycles. The average Bonchev–Trinajstić information content (AvgIpc) is 2.95. The van der Waals surface area contributed by atoms with Crippen molar-refractivity contribution in [3.05, 3.63) is 100 Å². The molecule has 9 heteroatoms. The molecule has 39 heavy (non-hydrogen) atoms. The number of aromatic nitrogens is 4. The fraction of sp³-hybridized carbons (Fsp3) is 0.400. The Bertz CT molecular complexity index is 1270. The van der Waals surface area contributed by atoms with Gasteiger partial charge in [0.05, 0.1) is 24.8 Å². The number of halogens is 2. The third kappa shape index (κ3) is 10.2. The van der Waals surface area contributed by atoms with Crippen LogP contribution in [0.2, 0.25) is 0 Å². The molecule has 0 amide bonds. The summed E-state index contributed by atoms with van der Waals surface area (Å²) in [7, 11) is 0. The summed E-state index contributed by atoms with van der Waals surface area (Å²) in [6.45, 7) is 9.27. The number of nitrogens with zero attached hydrogens (tertiary/aromatic N) is 4. The second-order valence-corrected chi connectivity index (χ2v) is 9.06. The fourth-order valence-electron chi connectivity index (χ4n) is 3.99. The molecule has 1 fully saturated rings. The topological polar surface area (TPSA) is 79.1 Å². The van der Waals surface area contributed by atoms with Crippen LogP contribution in [0.4, 0.5) is 8.78 Å².